The highest BCUT2D eigenvalue weighted by molar-refractivity contribution is 5.93. The molecule has 0 bridgehead atoms. The molecule has 3 aromatic rings. The number of methoxy groups -OCH3 is 1. The van der Waals surface area contributed by atoms with E-state index in [0.29, 0.717) is 13.2 Å². The van der Waals surface area contributed by atoms with E-state index in [9.17, 15) is 4.79 Å². The zero-order valence-corrected chi connectivity index (χ0v) is 15.6. The van der Waals surface area contributed by atoms with Crippen molar-refractivity contribution in [2.75, 3.05) is 20.3 Å². The van der Waals surface area contributed by atoms with Crippen LogP contribution < -0.4 is 0 Å². The van der Waals surface area contributed by atoms with Gasteiger partial charge in [-0.05, 0) is 35.3 Å². The lowest BCUT2D eigenvalue weighted by atomic mass is 10.1. The van der Waals surface area contributed by atoms with E-state index in [1.54, 1.807) is 13.2 Å². The molecule has 0 atom stereocenters. The normalized spacial score (nSPS) is 14.0. The molecule has 0 fully saturated rings. The Morgan fingerprint density at radius 1 is 1.11 bits per heavy atom. The van der Waals surface area contributed by atoms with Gasteiger partial charge in [-0.2, -0.15) is 0 Å². The van der Waals surface area contributed by atoms with Crippen molar-refractivity contribution < 1.29 is 9.53 Å². The fourth-order valence-electron chi connectivity index (χ4n) is 3.78. The quantitative estimate of drug-likeness (QED) is 0.647. The van der Waals surface area contributed by atoms with Crippen LogP contribution in [0.3, 0.4) is 0 Å². The van der Waals surface area contributed by atoms with Gasteiger partial charge in [0.1, 0.15) is 0 Å². The summed E-state index contributed by atoms with van der Waals surface area (Å²) < 4.78 is 7.51. The van der Waals surface area contributed by atoms with Crippen LogP contribution >= 0.6 is 0 Å². The summed E-state index contributed by atoms with van der Waals surface area (Å²) in [5.41, 5.74) is 4.81. The van der Waals surface area contributed by atoms with Gasteiger partial charge in [-0.25, -0.2) is 0 Å². The molecule has 0 saturated heterocycles. The fourth-order valence-corrected chi connectivity index (χ4v) is 3.78. The van der Waals surface area contributed by atoms with Crippen LogP contribution in [0.1, 0.15) is 16.7 Å². The van der Waals surface area contributed by atoms with Gasteiger partial charge in [0.2, 0.25) is 5.91 Å². The zero-order valence-electron chi connectivity index (χ0n) is 15.6. The number of benzene rings is 2. The van der Waals surface area contributed by atoms with E-state index >= 15 is 0 Å². The lowest BCUT2D eigenvalue weighted by Crippen LogP contribution is -2.30. The second-order valence-electron chi connectivity index (χ2n) is 6.91. The smallest absolute Gasteiger partial charge is 0.246 e. The maximum Gasteiger partial charge on any atom is 0.246 e. The second-order valence-corrected chi connectivity index (χ2v) is 6.91. The van der Waals surface area contributed by atoms with Crippen LogP contribution in [0.15, 0.2) is 60.8 Å². The van der Waals surface area contributed by atoms with Crippen molar-refractivity contribution in [2.45, 2.75) is 19.5 Å². The van der Waals surface area contributed by atoms with Gasteiger partial charge in [0.05, 0.1) is 6.61 Å². The van der Waals surface area contributed by atoms with Crippen molar-refractivity contribution in [3.8, 4) is 0 Å². The molecule has 2 heterocycles. The maximum atomic E-state index is 12.7. The Bertz CT molecular complexity index is 973. The molecule has 0 unspecified atom stereocenters. The minimum Gasteiger partial charge on any atom is -0.383 e. The molecule has 1 aromatic heterocycles. The molecule has 0 radical (unpaired) electrons. The summed E-state index contributed by atoms with van der Waals surface area (Å²) in [5.74, 6) is 0.0632. The number of aromatic nitrogens is 1. The summed E-state index contributed by atoms with van der Waals surface area (Å²) >= 11 is 0. The number of rotatable bonds is 5. The first-order valence-electron chi connectivity index (χ1n) is 9.37. The van der Waals surface area contributed by atoms with Gasteiger partial charge in [0, 0.05) is 49.9 Å². The Balaban J connectivity index is 1.57. The first-order valence-corrected chi connectivity index (χ1v) is 9.37. The lowest BCUT2D eigenvalue weighted by molar-refractivity contribution is -0.126. The van der Waals surface area contributed by atoms with Gasteiger partial charge in [-0.1, -0.05) is 42.5 Å². The van der Waals surface area contributed by atoms with Crippen molar-refractivity contribution in [1.29, 1.82) is 0 Å². The molecule has 0 aliphatic carbocycles. The average molecular weight is 360 g/mol. The number of carbonyl (C=O) groups excluding carboxylic acids is 1. The highest BCUT2D eigenvalue weighted by Gasteiger charge is 2.21. The molecular formula is C23H24N2O2. The van der Waals surface area contributed by atoms with E-state index < -0.39 is 0 Å². The topological polar surface area (TPSA) is 34.5 Å². The van der Waals surface area contributed by atoms with Gasteiger partial charge in [-0.3, -0.25) is 4.79 Å². The van der Waals surface area contributed by atoms with Crippen molar-refractivity contribution in [3.63, 3.8) is 0 Å². The molecule has 27 heavy (non-hydrogen) atoms. The molecule has 1 aliphatic rings. The summed E-state index contributed by atoms with van der Waals surface area (Å²) in [5, 5.41) is 1.30. The molecule has 0 saturated carbocycles. The van der Waals surface area contributed by atoms with E-state index in [-0.39, 0.29) is 5.91 Å². The number of nitrogens with zero attached hydrogens (tertiary/aromatic N) is 2. The first-order chi connectivity index (χ1) is 13.3. The number of carbonyl (C=O) groups is 1. The Kier molecular flexibility index (Phi) is 5.07. The second kappa shape index (κ2) is 7.80. The lowest BCUT2D eigenvalue weighted by Gasteiger charge is -2.19. The van der Waals surface area contributed by atoms with E-state index in [2.05, 4.69) is 29.0 Å². The first kappa shape index (κ1) is 17.6. The van der Waals surface area contributed by atoms with Crippen LogP contribution in [0, 0.1) is 0 Å². The Morgan fingerprint density at radius 3 is 2.78 bits per heavy atom. The third-order valence-corrected chi connectivity index (χ3v) is 5.15. The van der Waals surface area contributed by atoms with Crippen LogP contribution in [-0.4, -0.2) is 35.6 Å². The minimum atomic E-state index is 0.0632. The number of ether oxygens (including phenoxy) is 1. The monoisotopic (exact) mass is 360 g/mol. The van der Waals surface area contributed by atoms with Crippen LogP contribution in [-0.2, 0) is 29.0 Å². The third kappa shape index (κ3) is 3.67. The molecule has 0 spiro atoms. The van der Waals surface area contributed by atoms with E-state index in [1.165, 1.54) is 22.0 Å². The maximum absolute atomic E-state index is 12.7. The van der Waals surface area contributed by atoms with Crippen LogP contribution in [0.5, 0.6) is 0 Å². The van der Waals surface area contributed by atoms with Crippen molar-refractivity contribution in [1.82, 2.24) is 9.47 Å². The van der Waals surface area contributed by atoms with Gasteiger partial charge < -0.3 is 14.2 Å². The Morgan fingerprint density at radius 2 is 1.96 bits per heavy atom. The van der Waals surface area contributed by atoms with Crippen LogP contribution in [0.4, 0.5) is 0 Å². The highest BCUT2D eigenvalue weighted by Crippen LogP contribution is 2.29. The largest absolute Gasteiger partial charge is 0.383 e. The molecule has 4 rings (SSSR count). The Labute approximate surface area is 159 Å². The van der Waals surface area contributed by atoms with Crippen molar-refractivity contribution >= 4 is 22.9 Å². The van der Waals surface area contributed by atoms with Crippen molar-refractivity contribution in [2.24, 2.45) is 0 Å². The molecule has 2 aromatic carbocycles. The number of hydrogen-bond acceptors (Lipinski definition) is 2. The van der Waals surface area contributed by atoms with E-state index in [4.69, 9.17) is 4.74 Å². The van der Waals surface area contributed by atoms with Gasteiger partial charge in [-0.15, -0.1) is 0 Å². The number of hydrogen-bond donors (Lipinski definition) is 0. The standard InChI is InChI=1S/C23H24N2O2/c1-27-15-14-24-16-20-12-13-25(17-19-8-5-9-21(24)23(19)20)22(26)11-10-18-6-3-2-4-7-18/h2-11,16H,12-15,17H2,1H3/b11-10+. The summed E-state index contributed by atoms with van der Waals surface area (Å²) in [7, 11) is 1.73. The van der Waals surface area contributed by atoms with Gasteiger partial charge >= 0.3 is 0 Å². The molecule has 4 heteroatoms. The SMILES string of the molecule is COCCn1cc2c3c(cccc31)CN(C(=O)/C=C/c1ccccc1)CC2. The van der Waals surface area contributed by atoms with Crippen LogP contribution in [0.25, 0.3) is 17.0 Å². The predicted molar refractivity (Wildman–Crippen MR) is 108 cm³/mol. The summed E-state index contributed by atoms with van der Waals surface area (Å²) in [6.45, 7) is 2.92. The van der Waals surface area contributed by atoms with E-state index in [1.807, 2.05) is 41.3 Å². The van der Waals surface area contributed by atoms with Crippen LogP contribution in [0.2, 0.25) is 0 Å². The molecular weight excluding hydrogens is 336 g/mol. The molecule has 1 aliphatic heterocycles. The summed E-state index contributed by atoms with van der Waals surface area (Å²) in [6, 6.07) is 16.3. The van der Waals surface area contributed by atoms with E-state index in [0.717, 1.165) is 25.1 Å². The third-order valence-electron chi connectivity index (χ3n) is 5.15. The van der Waals surface area contributed by atoms with Crippen molar-refractivity contribution in [3.05, 3.63) is 77.5 Å². The molecule has 4 nitrogen and oxygen atoms in total. The van der Waals surface area contributed by atoms with Gasteiger partial charge in [0.15, 0.2) is 0 Å². The average Bonchev–Trinajstić information content (AvgIpc) is 2.95. The molecule has 0 N–H and O–H groups in total. The summed E-state index contributed by atoms with van der Waals surface area (Å²) in [6.07, 6.45) is 6.67. The number of amides is 1. The van der Waals surface area contributed by atoms with Gasteiger partial charge in [0.25, 0.3) is 0 Å². The molecule has 1 amide bonds. The highest BCUT2D eigenvalue weighted by atomic mass is 16.5. The zero-order chi connectivity index (χ0) is 18.6. The Hall–Kier alpha value is -2.85. The fraction of sp³-hybridized carbons (Fsp3) is 0.261. The summed E-state index contributed by atoms with van der Waals surface area (Å²) in [4.78, 5) is 14.7. The predicted octanol–water partition coefficient (Wildman–Crippen LogP) is 3.89. The minimum absolute atomic E-state index is 0.0632. The molecule has 138 valence electrons.